The Morgan fingerprint density at radius 1 is 0.889 bits per heavy atom. The second-order valence-electron chi connectivity index (χ2n) is 4.24. The SMILES string of the molecule is c1ccc2c(c1)Nc1c(ccc3cccnc13)S2. The van der Waals surface area contributed by atoms with Crippen LogP contribution in [0.25, 0.3) is 10.9 Å². The number of anilines is 2. The van der Waals surface area contributed by atoms with Crippen LogP contribution < -0.4 is 5.32 Å². The predicted octanol–water partition coefficient (Wildman–Crippen LogP) is 4.44. The lowest BCUT2D eigenvalue weighted by Crippen LogP contribution is -2.00. The van der Waals surface area contributed by atoms with Crippen molar-refractivity contribution in [3.63, 3.8) is 0 Å². The van der Waals surface area contributed by atoms with Gasteiger partial charge in [-0.15, -0.1) is 0 Å². The number of benzene rings is 2. The predicted molar refractivity (Wildman–Crippen MR) is 75.6 cm³/mol. The average molecular weight is 250 g/mol. The number of pyridine rings is 1. The Labute approximate surface area is 109 Å². The summed E-state index contributed by atoms with van der Waals surface area (Å²) in [5, 5.41) is 4.67. The van der Waals surface area contributed by atoms with Gasteiger partial charge >= 0.3 is 0 Å². The van der Waals surface area contributed by atoms with Gasteiger partial charge in [0.15, 0.2) is 0 Å². The van der Waals surface area contributed by atoms with Gasteiger partial charge in [0.1, 0.15) is 0 Å². The fourth-order valence-electron chi connectivity index (χ4n) is 2.24. The molecule has 18 heavy (non-hydrogen) atoms. The minimum Gasteiger partial charge on any atom is -0.352 e. The number of hydrogen-bond acceptors (Lipinski definition) is 3. The van der Waals surface area contributed by atoms with Gasteiger partial charge in [-0.25, -0.2) is 0 Å². The first-order valence-electron chi connectivity index (χ1n) is 5.83. The Bertz CT molecular complexity index is 752. The number of rotatable bonds is 0. The number of hydrogen-bond donors (Lipinski definition) is 1. The number of aromatic nitrogens is 1. The molecule has 0 aliphatic carbocycles. The van der Waals surface area contributed by atoms with E-state index in [1.54, 1.807) is 11.8 Å². The zero-order chi connectivity index (χ0) is 11.9. The third-order valence-corrected chi connectivity index (χ3v) is 4.24. The van der Waals surface area contributed by atoms with E-state index in [0.717, 1.165) is 16.9 Å². The van der Waals surface area contributed by atoms with Gasteiger partial charge in [0.25, 0.3) is 0 Å². The van der Waals surface area contributed by atoms with Crippen molar-refractivity contribution in [2.24, 2.45) is 0 Å². The minimum atomic E-state index is 1.04. The Morgan fingerprint density at radius 2 is 1.83 bits per heavy atom. The van der Waals surface area contributed by atoms with Gasteiger partial charge in [0.05, 0.1) is 16.9 Å². The van der Waals surface area contributed by atoms with E-state index in [4.69, 9.17) is 0 Å². The van der Waals surface area contributed by atoms with Gasteiger partial charge in [-0.1, -0.05) is 36.0 Å². The quantitative estimate of drug-likeness (QED) is 0.499. The number of fused-ring (bicyclic) bond motifs is 4. The number of para-hydroxylation sites is 1. The Balaban J connectivity index is 1.98. The Hall–Kier alpha value is -2.00. The molecule has 0 saturated carbocycles. The Kier molecular flexibility index (Phi) is 2.08. The van der Waals surface area contributed by atoms with Crippen molar-refractivity contribution in [2.75, 3.05) is 5.32 Å². The van der Waals surface area contributed by atoms with Crippen LogP contribution in [0.2, 0.25) is 0 Å². The molecule has 3 aromatic rings. The first-order valence-corrected chi connectivity index (χ1v) is 6.65. The van der Waals surface area contributed by atoms with Crippen molar-refractivity contribution in [1.82, 2.24) is 4.98 Å². The molecule has 2 aromatic carbocycles. The smallest absolute Gasteiger partial charge is 0.0948 e. The van der Waals surface area contributed by atoms with E-state index in [9.17, 15) is 0 Å². The molecule has 86 valence electrons. The standard InChI is InChI=1S/C15H10N2S/c1-2-6-12-11(5-1)17-15-13(18-12)8-7-10-4-3-9-16-14(10)15/h1-9,17H. The van der Waals surface area contributed by atoms with E-state index in [0.29, 0.717) is 0 Å². The van der Waals surface area contributed by atoms with Crippen molar-refractivity contribution in [2.45, 2.75) is 9.79 Å². The van der Waals surface area contributed by atoms with Gasteiger partial charge in [-0.2, -0.15) is 0 Å². The maximum absolute atomic E-state index is 4.49. The summed E-state index contributed by atoms with van der Waals surface area (Å²) in [6.07, 6.45) is 1.84. The molecule has 0 radical (unpaired) electrons. The highest BCUT2D eigenvalue weighted by Crippen LogP contribution is 2.46. The first kappa shape index (κ1) is 9.97. The summed E-state index contributed by atoms with van der Waals surface area (Å²) in [4.78, 5) is 6.99. The molecule has 1 aromatic heterocycles. The highest BCUT2D eigenvalue weighted by Gasteiger charge is 2.17. The van der Waals surface area contributed by atoms with Crippen molar-refractivity contribution in [3.8, 4) is 0 Å². The van der Waals surface area contributed by atoms with Crippen LogP contribution in [-0.4, -0.2) is 4.98 Å². The molecule has 0 unspecified atom stereocenters. The van der Waals surface area contributed by atoms with E-state index in [1.165, 1.54) is 15.2 Å². The molecule has 1 aliphatic heterocycles. The molecular formula is C15H10N2S. The Morgan fingerprint density at radius 3 is 2.83 bits per heavy atom. The van der Waals surface area contributed by atoms with Gasteiger partial charge < -0.3 is 5.32 Å². The van der Waals surface area contributed by atoms with Crippen LogP contribution in [-0.2, 0) is 0 Å². The summed E-state index contributed by atoms with van der Waals surface area (Å²) in [7, 11) is 0. The normalized spacial score (nSPS) is 12.7. The van der Waals surface area contributed by atoms with E-state index >= 15 is 0 Å². The maximum Gasteiger partial charge on any atom is 0.0948 e. The zero-order valence-corrected chi connectivity index (χ0v) is 10.4. The van der Waals surface area contributed by atoms with Crippen LogP contribution in [0.15, 0.2) is 64.5 Å². The monoisotopic (exact) mass is 250 g/mol. The third kappa shape index (κ3) is 1.41. The topological polar surface area (TPSA) is 24.9 Å². The molecule has 0 spiro atoms. The first-order chi connectivity index (χ1) is 8.92. The highest BCUT2D eigenvalue weighted by atomic mass is 32.2. The summed E-state index contributed by atoms with van der Waals surface area (Å²) >= 11 is 1.79. The van der Waals surface area contributed by atoms with Crippen LogP contribution in [0.5, 0.6) is 0 Å². The summed E-state index contributed by atoms with van der Waals surface area (Å²) in [5.41, 5.74) is 3.32. The second-order valence-corrected chi connectivity index (χ2v) is 5.32. The largest absolute Gasteiger partial charge is 0.352 e. The van der Waals surface area contributed by atoms with E-state index in [-0.39, 0.29) is 0 Å². The van der Waals surface area contributed by atoms with Gasteiger partial charge in [-0.3, -0.25) is 4.98 Å². The highest BCUT2D eigenvalue weighted by molar-refractivity contribution is 7.99. The maximum atomic E-state index is 4.49. The van der Waals surface area contributed by atoms with Crippen molar-refractivity contribution in [3.05, 3.63) is 54.7 Å². The van der Waals surface area contributed by atoms with Crippen LogP contribution >= 0.6 is 11.8 Å². The summed E-state index contributed by atoms with van der Waals surface area (Å²) < 4.78 is 0. The molecule has 0 saturated heterocycles. The zero-order valence-electron chi connectivity index (χ0n) is 9.55. The van der Waals surface area contributed by atoms with Crippen LogP contribution in [0.3, 0.4) is 0 Å². The molecule has 0 amide bonds. The van der Waals surface area contributed by atoms with Gasteiger partial charge in [0.2, 0.25) is 0 Å². The summed E-state index contributed by atoms with van der Waals surface area (Å²) in [6, 6.07) is 16.7. The molecule has 0 atom stereocenters. The third-order valence-electron chi connectivity index (χ3n) is 3.10. The lowest BCUT2D eigenvalue weighted by Gasteiger charge is -2.21. The average Bonchev–Trinajstić information content (AvgIpc) is 2.45. The molecule has 0 fully saturated rings. The molecule has 0 bridgehead atoms. The summed E-state index contributed by atoms with van der Waals surface area (Å²) in [5.74, 6) is 0. The molecule has 4 rings (SSSR count). The van der Waals surface area contributed by atoms with E-state index < -0.39 is 0 Å². The minimum absolute atomic E-state index is 1.04. The van der Waals surface area contributed by atoms with E-state index in [1.807, 2.05) is 12.3 Å². The lowest BCUT2D eigenvalue weighted by atomic mass is 10.2. The summed E-state index contributed by atoms with van der Waals surface area (Å²) in [6.45, 7) is 0. The lowest BCUT2D eigenvalue weighted by molar-refractivity contribution is 1.30. The molecule has 3 heteroatoms. The second kappa shape index (κ2) is 3.75. The van der Waals surface area contributed by atoms with Crippen LogP contribution in [0.4, 0.5) is 11.4 Å². The fourth-order valence-corrected chi connectivity index (χ4v) is 3.24. The number of nitrogens with zero attached hydrogens (tertiary/aromatic N) is 1. The number of nitrogens with one attached hydrogen (secondary N) is 1. The van der Waals surface area contributed by atoms with Crippen LogP contribution in [0, 0.1) is 0 Å². The molecule has 2 nitrogen and oxygen atoms in total. The van der Waals surface area contributed by atoms with Crippen molar-refractivity contribution in [1.29, 1.82) is 0 Å². The fraction of sp³-hybridized carbons (Fsp3) is 0. The van der Waals surface area contributed by atoms with Crippen molar-refractivity contribution >= 4 is 34.0 Å². The van der Waals surface area contributed by atoms with Crippen LogP contribution in [0.1, 0.15) is 0 Å². The molecule has 1 aliphatic rings. The molecular weight excluding hydrogens is 240 g/mol. The van der Waals surface area contributed by atoms with Crippen molar-refractivity contribution < 1.29 is 0 Å². The van der Waals surface area contributed by atoms with Gasteiger partial charge in [-0.05, 0) is 24.3 Å². The molecule has 2 heterocycles. The van der Waals surface area contributed by atoms with E-state index in [2.05, 4.69) is 52.8 Å². The van der Waals surface area contributed by atoms with Gasteiger partial charge in [0, 0.05) is 21.4 Å². The molecule has 1 N–H and O–H groups in total.